The van der Waals surface area contributed by atoms with Gasteiger partial charge in [-0.1, -0.05) is 12.1 Å². The van der Waals surface area contributed by atoms with E-state index in [-0.39, 0.29) is 29.2 Å². The highest BCUT2D eigenvalue weighted by molar-refractivity contribution is 7.84. The van der Waals surface area contributed by atoms with Crippen molar-refractivity contribution in [2.75, 3.05) is 12.8 Å². The second kappa shape index (κ2) is 6.01. The number of carbonyl (C=O) groups is 1. The Kier molecular flexibility index (Phi) is 4.55. The summed E-state index contributed by atoms with van der Waals surface area (Å²) in [6, 6.07) is 5.88. The van der Waals surface area contributed by atoms with Gasteiger partial charge in [-0.3, -0.25) is 14.3 Å². The molecule has 1 saturated heterocycles. The molecule has 0 spiro atoms. The molecule has 1 fully saturated rings. The molecule has 4 nitrogen and oxygen atoms in total. The molecule has 0 saturated carbocycles. The lowest BCUT2D eigenvalue weighted by Gasteiger charge is -2.26. The third-order valence-electron chi connectivity index (χ3n) is 3.56. The van der Waals surface area contributed by atoms with E-state index >= 15 is 0 Å². The first-order valence-corrected chi connectivity index (χ1v) is 8.16. The molecule has 1 aromatic carbocycles. The van der Waals surface area contributed by atoms with Crippen molar-refractivity contribution in [2.45, 2.75) is 31.3 Å². The second-order valence-corrected chi connectivity index (χ2v) is 6.95. The van der Waals surface area contributed by atoms with E-state index in [9.17, 15) is 13.4 Å². The quantitative estimate of drug-likeness (QED) is 0.914. The van der Waals surface area contributed by atoms with Crippen molar-refractivity contribution >= 4 is 16.7 Å². The average molecular weight is 298 g/mol. The van der Waals surface area contributed by atoms with Gasteiger partial charge in [-0.15, -0.1) is 0 Å². The number of amides is 1. The van der Waals surface area contributed by atoms with Crippen LogP contribution < -0.4 is 5.32 Å². The Morgan fingerprint density at radius 1 is 1.50 bits per heavy atom. The van der Waals surface area contributed by atoms with Gasteiger partial charge in [0.25, 0.3) is 0 Å². The lowest BCUT2D eigenvalue weighted by molar-refractivity contribution is -0.129. The number of rotatable bonds is 4. The van der Waals surface area contributed by atoms with E-state index in [0.717, 1.165) is 0 Å². The van der Waals surface area contributed by atoms with Crippen LogP contribution in [0.5, 0.6) is 0 Å². The molecule has 1 N–H and O–H groups in total. The largest absolute Gasteiger partial charge is 0.320 e. The van der Waals surface area contributed by atoms with Crippen LogP contribution in [-0.2, 0) is 15.6 Å². The molecule has 0 aliphatic carbocycles. The standard InChI is InChI=1S/C14H19FN2O2S/c1-9(20(3)19)8-17-13(16-10(2)14(17)18)11-5-4-6-12(15)7-11/h4-7,9-10,13,16H,8H2,1-3H3. The van der Waals surface area contributed by atoms with Crippen LogP contribution in [0.2, 0.25) is 0 Å². The van der Waals surface area contributed by atoms with Crippen molar-refractivity contribution < 1.29 is 13.4 Å². The van der Waals surface area contributed by atoms with E-state index in [0.29, 0.717) is 12.1 Å². The van der Waals surface area contributed by atoms with Crippen LogP contribution in [-0.4, -0.2) is 39.1 Å². The zero-order valence-corrected chi connectivity index (χ0v) is 12.6. The fraction of sp³-hybridized carbons (Fsp3) is 0.500. The summed E-state index contributed by atoms with van der Waals surface area (Å²) >= 11 is 0. The highest BCUT2D eigenvalue weighted by Crippen LogP contribution is 2.26. The first-order valence-electron chi connectivity index (χ1n) is 6.54. The van der Waals surface area contributed by atoms with Crippen molar-refractivity contribution in [1.82, 2.24) is 10.2 Å². The molecule has 0 radical (unpaired) electrons. The lowest BCUT2D eigenvalue weighted by atomic mass is 10.1. The summed E-state index contributed by atoms with van der Waals surface area (Å²) in [6.07, 6.45) is 1.26. The molecule has 1 heterocycles. The fourth-order valence-corrected chi connectivity index (χ4v) is 2.67. The van der Waals surface area contributed by atoms with E-state index in [1.165, 1.54) is 12.1 Å². The maximum absolute atomic E-state index is 13.4. The molecule has 6 heteroatoms. The van der Waals surface area contributed by atoms with Crippen LogP contribution in [0.1, 0.15) is 25.6 Å². The number of nitrogens with zero attached hydrogens (tertiary/aromatic N) is 1. The topological polar surface area (TPSA) is 49.4 Å². The molecule has 0 aromatic heterocycles. The smallest absolute Gasteiger partial charge is 0.241 e. The minimum Gasteiger partial charge on any atom is -0.320 e. The van der Waals surface area contributed by atoms with Gasteiger partial charge in [-0.05, 0) is 31.5 Å². The van der Waals surface area contributed by atoms with E-state index in [1.807, 2.05) is 6.92 Å². The van der Waals surface area contributed by atoms with Crippen LogP contribution in [0.15, 0.2) is 24.3 Å². The Morgan fingerprint density at radius 2 is 2.20 bits per heavy atom. The van der Waals surface area contributed by atoms with Crippen LogP contribution in [0.25, 0.3) is 0 Å². The van der Waals surface area contributed by atoms with Crippen LogP contribution in [0, 0.1) is 5.82 Å². The van der Waals surface area contributed by atoms with Gasteiger partial charge in [0.1, 0.15) is 12.0 Å². The van der Waals surface area contributed by atoms with Gasteiger partial charge < -0.3 is 4.90 Å². The zero-order valence-electron chi connectivity index (χ0n) is 11.8. The molecular formula is C14H19FN2O2S. The number of hydrogen-bond donors (Lipinski definition) is 1. The highest BCUT2D eigenvalue weighted by Gasteiger charge is 2.38. The normalized spacial score (nSPS) is 25.8. The summed E-state index contributed by atoms with van der Waals surface area (Å²) < 4.78 is 24.9. The molecule has 1 aliphatic heterocycles. The molecule has 2 rings (SSSR count). The third-order valence-corrected chi connectivity index (χ3v) is 4.84. The zero-order chi connectivity index (χ0) is 14.9. The van der Waals surface area contributed by atoms with Crippen molar-refractivity contribution in [3.05, 3.63) is 35.6 Å². The van der Waals surface area contributed by atoms with Gasteiger partial charge in [0.2, 0.25) is 5.91 Å². The summed E-state index contributed by atoms with van der Waals surface area (Å²) in [4.78, 5) is 13.8. The van der Waals surface area contributed by atoms with Gasteiger partial charge in [0, 0.05) is 28.9 Å². The van der Waals surface area contributed by atoms with Gasteiger partial charge in [-0.25, -0.2) is 4.39 Å². The van der Waals surface area contributed by atoms with E-state index < -0.39 is 10.8 Å². The Morgan fingerprint density at radius 3 is 2.80 bits per heavy atom. The van der Waals surface area contributed by atoms with Crippen molar-refractivity contribution in [3.8, 4) is 0 Å². The summed E-state index contributed by atoms with van der Waals surface area (Å²) in [5.74, 6) is -0.375. The SMILES string of the molecule is CC1NC(c2cccc(F)c2)N(CC(C)S(C)=O)C1=O. The van der Waals surface area contributed by atoms with Gasteiger partial charge in [-0.2, -0.15) is 0 Å². The van der Waals surface area contributed by atoms with E-state index in [4.69, 9.17) is 0 Å². The highest BCUT2D eigenvalue weighted by atomic mass is 32.2. The Balaban J connectivity index is 2.26. The number of carbonyl (C=O) groups excluding carboxylic acids is 1. The minimum absolute atomic E-state index is 0.0449. The van der Waals surface area contributed by atoms with Gasteiger partial charge in [0.05, 0.1) is 6.04 Å². The number of halogens is 1. The summed E-state index contributed by atoms with van der Waals surface area (Å²) in [5.41, 5.74) is 0.705. The summed E-state index contributed by atoms with van der Waals surface area (Å²) in [7, 11) is -1.00. The third kappa shape index (κ3) is 3.07. The van der Waals surface area contributed by atoms with Crippen molar-refractivity contribution in [1.29, 1.82) is 0 Å². The van der Waals surface area contributed by atoms with Crippen LogP contribution >= 0.6 is 0 Å². The predicted molar refractivity (Wildman–Crippen MR) is 77.0 cm³/mol. The van der Waals surface area contributed by atoms with Gasteiger partial charge >= 0.3 is 0 Å². The average Bonchev–Trinajstić information content (AvgIpc) is 2.67. The molecule has 1 amide bonds. The van der Waals surface area contributed by atoms with Gasteiger partial charge in [0.15, 0.2) is 0 Å². The predicted octanol–water partition coefficient (Wildman–Crippen LogP) is 1.41. The number of hydrogen-bond acceptors (Lipinski definition) is 3. The number of nitrogens with one attached hydrogen (secondary N) is 1. The summed E-state index contributed by atoms with van der Waals surface area (Å²) in [6.45, 7) is 4.01. The molecule has 20 heavy (non-hydrogen) atoms. The van der Waals surface area contributed by atoms with E-state index in [1.54, 1.807) is 30.2 Å². The van der Waals surface area contributed by atoms with Crippen molar-refractivity contribution in [2.24, 2.45) is 0 Å². The maximum Gasteiger partial charge on any atom is 0.241 e. The summed E-state index contributed by atoms with van der Waals surface area (Å²) in [5, 5.41) is 3.03. The van der Waals surface area contributed by atoms with E-state index in [2.05, 4.69) is 5.32 Å². The molecule has 4 unspecified atom stereocenters. The molecule has 0 bridgehead atoms. The Bertz CT molecular complexity index is 538. The molecule has 110 valence electrons. The lowest BCUT2D eigenvalue weighted by Crippen LogP contribution is -2.37. The Labute approximate surface area is 120 Å². The number of benzene rings is 1. The molecule has 4 atom stereocenters. The first-order chi connectivity index (χ1) is 9.40. The Hall–Kier alpha value is -1.27. The minimum atomic E-state index is -1.00. The molecule has 1 aliphatic rings. The maximum atomic E-state index is 13.4. The second-order valence-electron chi connectivity index (χ2n) is 5.15. The monoisotopic (exact) mass is 298 g/mol. The molecule has 1 aromatic rings. The molecular weight excluding hydrogens is 279 g/mol. The fourth-order valence-electron chi connectivity index (χ4n) is 2.30. The van der Waals surface area contributed by atoms with Crippen LogP contribution in [0.3, 0.4) is 0 Å². The van der Waals surface area contributed by atoms with Crippen molar-refractivity contribution in [3.63, 3.8) is 0 Å². The van der Waals surface area contributed by atoms with Crippen LogP contribution in [0.4, 0.5) is 4.39 Å². The first kappa shape index (κ1) is 15.1.